The van der Waals surface area contributed by atoms with Gasteiger partial charge in [0.05, 0.1) is 0 Å². The molecule has 0 aliphatic carbocycles. The summed E-state index contributed by atoms with van der Waals surface area (Å²) in [5.41, 5.74) is 7.90. The molecule has 0 bridgehead atoms. The van der Waals surface area contributed by atoms with Gasteiger partial charge in [-0.2, -0.15) is 0 Å². The van der Waals surface area contributed by atoms with Gasteiger partial charge < -0.3 is 5.73 Å². The van der Waals surface area contributed by atoms with Gasteiger partial charge >= 0.3 is 0 Å². The summed E-state index contributed by atoms with van der Waals surface area (Å²) in [5, 5.41) is 0. The van der Waals surface area contributed by atoms with Crippen LogP contribution in [0.2, 0.25) is 0 Å². The second-order valence-electron chi connectivity index (χ2n) is 3.47. The van der Waals surface area contributed by atoms with E-state index < -0.39 is 0 Å². The number of hydrogen-bond donors (Lipinski definition) is 1. The summed E-state index contributed by atoms with van der Waals surface area (Å²) < 4.78 is 12.8. The van der Waals surface area contributed by atoms with Crippen molar-refractivity contribution in [3.05, 3.63) is 47.8 Å². The van der Waals surface area contributed by atoms with E-state index >= 15 is 0 Å². The molecule has 0 aromatic heterocycles. The van der Waals surface area contributed by atoms with Gasteiger partial charge in [-0.15, -0.1) is 6.58 Å². The third-order valence-electron chi connectivity index (χ3n) is 2.31. The average Bonchev–Trinajstić information content (AvgIpc) is 2.14. The molecule has 1 aromatic rings. The molecule has 2 N–H and O–H groups in total. The molecular weight excluding hydrogens is 177 g/mol. The molecule has 0 aliphatic rings. The smallest absolute Gasteiger partial charge is 0.123 e. The normalized spacial score (nSPS) is 12.5. The molecule has 14 heavy (non-hydrogen) atoms. The number of rotatable bonds is 4. The molecule has 0 saturated carbocycles. The molecule has 76 valence electrons. The zero-order chi connectivity index (χ0) is 10.6. The van der Waals surface area contributed by atoms with Gasteiger partial charge in [0.25, 0.3) is 0 Å². The SMILES string of the molecule is C=CCC[C@@H](N)c1ccc(F)cc1C. The van der Waals surface area contributed by atoms with Crippen LogP contribution in [0.15, 0.2) is 30.9 Å². The molecule has 2 heteroatoms. The molecule has 0 radical (unpaired) electrons. The Morgan fingerprint density at radius 2 is 2.29 bits per heavy atom. The molecule has 1 nitrogen and oxygen atoms in total. The number of hydrogen-bond acceptors (Lipinski definition) is 1. The molecule has 0 saturated heterocycles. The van der Waals surface area contributed by atoms with Crippen molar-refractivity contribution in [3.8, 4) is 0 Å². The van der Waals surface area contributed by atoms with Crippen molar-refractivity contribution in [2.24, 2.45) is 5.73 Å². The van der Waals surface area contributed by atoms with E-state index in [1.807, 2.05) is 13.0 Å². The lowest BCUT2D eigenvalue weighted by Crippen LogP contribution is -2.11. The van der Waals surface area contributed by atoms with Crippen molar-refractivity contribution in [2.45, 2.75) is 25.8 Å². The first-order valence-electron chi connectivity index (χ1n) is 4.77. The minimum absolute atomic E-state index is 0.0198. The van der Waals surface area contributed by atoms with Crippen LogP contribution in [0.25, 0.3) is 0 Å². The van der Waals surface area contributed by atoms with E-state index in [1.54, 1.807) is 6.07 Å². The van der Waals surface area contributed by atoms with E-state index in [0.29, 0.717) is 0 Å². The van der Waals surface area contributed by atoms with Crippen molar-refractivity contribution in [2.75, 3.05) is 0 Å². The monoisotopic (exact) mass is 193 g/mol. The lowest BCUT2D eigenvalue weighted by atomic mass is 9.98. The van der Waals surface area contributed by atoms with Crippen molar-refractivity contribution >= 4 is 0 Å². The van der Waals surface area contributed by atoms with E-state index in [1.165, 1.54) is 12.1 Å². The first-order valence-corrected chi connectivity index (χ1v) is 4.77. The van der Waals surface area contributed by atoms with Gasteiger partial charge in [0, 0.05) is 6.04 Å². The minimum atomic E-state index is -0.206. The summed E-state index contributed by atoms with van der Waals surface area (Å²) in [5.74, 6) is -0.206. The van der Waals surface area contributed by atoms with Gasteiger partial charge in [0.15, 0.2) is 0 Å². The van der Waals surface area contributed by atoms with Gasteiger partial charge in [-0.3, -0.25) is 0 Å². The van der Waals surface area contributed by atoms with E-state index in [4.69, 9.17) is 5.73 Å². The van der Waals surface area contributed by atoms with Crippen molar-refractivity contribution < 1.29 is 4.39 Å². The number of nitrogens with two attached hydrogens (primary N) is 1. The van der Waals surface area contributed by atoms with Crippen LogP contribution in [0.1, 0.15) is 30.0 Å². The number of benzene rings is 1. The van der Waals surface area contributed by atoms with Gasteiger partial charge in [-0.25, -0.2) is 4.39 Å². The predicted octanol–water partition coefficient (Wildman–Crippen LogP) is 3.10. The highest BCUT2D eigenvalue weighted by molar-refractivity contribution is 5.29. The maximum absolute atomic E-state index is 12.8. The minimum Gasteiger partial charge on any atom is -0.324 e. The Bertz CT molecular complexity index is 320. The number of halogens is 1. The molecule has 1 rings (SSSR count). The van der Waals surface area contributed by atoms with Crippen LogP contribution in [0.5, 0.6) is 0 Å². The summed E-state index contributed by atoms with van der Waals surface area (Å²) >= 11 is 0. The summed E-state index contributed by atoms with van der Waals surface area (Å²) in [4.78, 5) is 0. The van der Waals surface area contributed by atoms with Crippen LogP contribution in [0.4, 0.5) is 4.39 Å². The molecule has 0 spiro atoms. The molecular formula is C12H16FN. The maximum Gasteiger partial charge on any atom is 0.123 e. The quantitative estimate of drug-likeness (QED) is 0.730. The third-order valence-corrected chi connectivity index (χ3v) is 2.31. The van der Waals surface area contributed by atoms with Crippen molar-refractivity contribution in [3.63, 3.8) is 0 Å². The van der Waals surface area contributed by atoms with Gasteiger partial charge in [0.1, 0.15) is 5.82 Å². The predicted molar refractivity (Wildman–Crippen MR) is 57.5 cm³/mol. The standard InChI is InChI=1S/C12H16FN/c1-3-4-5-12(14)11-7-6-10(13)8-9(11)2/h3,6-8,12H,1,4-5,14H2,2H3/t12-/m1/s1. The molecule has 0 heterocycles. The maximum atomic E-state index is 12.8. The molecule has 0 amide bonds. The molecule has 1 atom stereocenters. The van der Waals surface area contributed by atoms with Gasteiger partial charge in [0.2, 0.25) is 0 Å². The van der Waals surface area contributed by atoms with Crippen LogP contribution < -0.4 is 5.73 Å². The van der Waals surface area contributed by atoms with Crippen molar-refractivity contribution in [1.29, 1.82) is 0 Å². The first kappa shape index (κ1) is 10.9. The summed E-state index contributed by atoms with van der Waals surface area (Å²) in [6, 6.07) is 4.71. The van der Waals surface area contributed by atoms with Crippen molar-refractivity contribution in [1.82, 2.24) is 0 Å². The zero-order valence-electron chi connectivity index (χ0n) is 8.46. The highest BCUT2D eigenvalue weighted by Gasteiger charge is 2.08. The summed E-state index contributed by atoms with van der Waals surface area (Å²) in [6.45, 7) is 5.53. The third kappa shape index (κ3) is 2.67. The number of allylic oxidation sites excluding steroid dienone is 1. The Balaban J connectivity index is 2.78. The van der Waals surface area contributed by atoms with E-state index in [2.05, 4.69) is 6.58 Å². The summed E-state index contributed by atoms with van der Waals surface area (Å²) in [6.07, 6.45) is 3.59. The Morgan fingerprint density at radius 1 is 1.57 bits per heavy atom. The lowest BCUT2D eigenvalue weighted by Gasteiger charge is -2.13. The Hall–Kier alpha value is -1.15. The number of aryl methyl sites for hydroxylation is 1. The molecule has 0 unspecified atom stereocenters. The second kappa shape index (κ2) is 4.91. The highest BCUT2D eigenvalue weighted by atomic mass is 19.1. The Morgan fingerprint density at radius 3 is 2.86 bits per heavy atom. The fourth-order valence-electron chi connectivity index (χ4n) is 1.51. The van der Waals surface area contributed by atoms with Crippen LogP contribution in [0, 0.1) is 12.7 Å². The van der Waals surface area contributed by atoms with Gasteiger partial charge in [-0.1, -0.05) is 12.1 Å². The second-order valence-corrected chi connectivity index (χ2v) is 3.47. The van der Waals surface area contributed by atoms with Crippen LogP contribution in [-0.4, -0.2) is 0 Å². The molecule has 0 aliphatic heterocycles. The van der Waals surface area contributed by atoms with Crippen LogP contribution in [-0.2, 0) is 0 Å². The first-order chi connectivity index (χ1) is 6.65. The van der Waals surface area contributed by atoms with Crippen LogP contribution in [0.3, 0.4) is 0 Å². The highest BCUT2D eigenvalue weighted by Crippen LogP contribution is 2.20. The van der Waals surface area contributed by atoms with E-state index in [9.17, 15) is 4.39 Å². The fraction of sp³-hybridized carbons (Fsp3) is 0.333. The van der Waals surface area contributed by atoms with E-state index in [0.717, 1.165) is 24.0 Å². The van der Waals surface area contributed by atoms with Crippen LogP contribution >= 0.6 is 0 Å². The van der Waals surface area contributed by atoms with E-state index in [-0.39, 0.29) is 11.9 Å². The largest absolute Gasteiger partial charge is 0.324 e. The zero-order valence-corrected chi connectivity index (χ0v) is 8.46. The van der Waals surface area contributed by atoms with Gasteiger partial charge in [-0.05, 0) is 43.0 Å². The average molecular weight is 193 g/mol. The lowest BCUT2D eigenvalue weighted by molar-refractivity contribution is 0.617. The Labute approximate surface area is 84.4 Å². The summed E-state index contributed by atoms with van der Waals surface area (Å²) in [7, 11) is 0. The Kier molecular flexibility index (Phi) is 3.84. The fourth-order valence-corrected chi connectivity index (χ4v) is 1.51. The molecule has 0 fully saturated rings. The molecule has 1 aromatic carbocycles. The topological polar surface area (TPSA) is 26.0 Å².